The predicted octanol–water partition coefficient (Wildman–Crippen LogP) is 2.95. The van der Waals surface area contributed by atoms with Crippen LogP contribution in [0.2, 0.25) is 0 Å². The molecule has 0 radical (unpaired) electrons. The molecule has 1 heterocycles. The highest BCUT2D eigenvalue weighted by atomic mass is 16.5. The number of aliphatic hydroxyl groups excluding tert-OH is 1. The Kier molecular flexibility index (Phi) is 3.95. The molecule has 0 spiro atoms. The van der Waals surface area contributed by atoms with Crippen molar-refractivity contribution in [2.45, 2.75) is 26.1 Å². The summed E-state index contributed by atoms with van der Waals surface area (Å²) in [5.41, 5.74) is 1.52. The number of rotatable bonds is 4. The van der Waals surface area contributed by atoms with Gasteiger partial charge in [-0.05, 0) is 26.0 Å². The van der Waals surface area contributed by atoms with E-state index in [0.29, 0.717) is 5.75 Å². The molecule has 0 bridgehead atoms. The van der Waals surface area contributed by atoms with E-state index in [0.717, 1.165) is 11.1 Å². The molecule has 0 fully saturated rings. The second-order valence-corrected chi connectivity index (χ2v) is 4.39. The first-order valence-corrected chi connectivity index (χ1v) is 6.02. The minimum absolute atomic E-state index is 0.0762. The van der Waals surface area contributed by atoms with Gasteiger partial charge >= 0.3 is 0 Å². The molecular weight excluding hydrogens is 226 g/mol. The molecule has 0 amide bonds. The molecule has 0 aliphatic rings. The summed E-state index contributed by atoms with van der Waals surface area (Å²) in [5.74, 6) is 0.712. The van der Waals surface area contributed by atoms with Crippen LogP contribution in [0.25, 0.3) is 0 Å². The molecule has 94 valence electrons. The van der Waals surface area contributed by atoms with Crippen molar-refractivity contribution in [1.82, 2.24) is 4.98 Å². The van der Waals surface area contributed by atoms with E-state index in [-0.39, 0.29) is 6.10 Å². The molecule has 0 saturated heterocycles. The van der Waals surface area contributed by atoms with Crippen LogP contribution < -0.4 is 4.74 Å². The van der Waals surface area contributed by atoms with Gasteiger partial charge in [0.2, 0.25) is 0 Å². The zero-order valence-electron chi connectivity index (χ0n) is 10.6. The Morgan fingerprint density at radius 3 is 2.56 bits per heavy atom. The Balaban J connectivity index is 2.33. The highest BCUT2D eigenvalue weighted by molar-refractivity contribution is 5.39. The van der Waals surface area contributed by atoms with Gasteiger partial charge in [-0.15, -0.1) is 0 Å². The maximum absolute atomic E-state index is 10.4. The molecule has 0 saturated carbocycles. The molecule has 1 aromatic heterocycles. The van der Waals surface area contributed by atoms with Gasteiger partial charge in [0, 0.05) is 23.5 Å². The molecule has 1 unspecified atom stereocenters. The fourth-order valence-electron chi connectivity index (χ4n) is 1.78. The fraction of sp³-hybridized carbons (Fsp3) is 0.267. The SMILES string of the molecule is CC(C)Oc1ccccc1C(O)c1cccnc1. The van der Waals surface area contributed by atoms with Crippen LogP contribution in [0.3, 0.4) is 0 Å². The summed E-state index contributed by atoms with van der Waals surface area (Å²) in [6, 6.07) is 11.2. The van der Waals surface area contributed by atoms with Gasteiger partial charge in [0.05, 0.1) is 6.10 Å². The molecule has 3 heteroatoms. The number of ether oxygens (including phenoxy) is 1. The van der Waals surface area contributed by atoms with Crippen LogP contribution in [0, 0.1) is 0 Å². The van der Waals surface area contributed by atoms with E-state index in [1.165, 1.54) is 0 Å². The van der Waals surface area contributed by atoms with Crippen LogP contribution in [0.5, 0.6) is 5.75 Å². The number of hydrogen-bond donors (Lipinski definition) is 1. The number of aliphatic hydroxyl groups is 1. The number of benzene rings is 1. The van der Waals surface area contributed by atoms with Gasteiger partial charge in [-0.2, -0.15) is 0 Å². The van der Waals surface area contributed by atoms with E-state index < -0.39 is 6.10 Å². The predicted molar refractivity (Wildman–Crippen MR) is 70.5 cm³/mol. The van der Waals surface area contributed by atoms with E-state index in [1.54, 1.807) is 12.4 Å². The van der Waals surface area contributed by atoms with Gasteiger partial charge in [-0.3, -0.25) is 4.98 Å². The normalized spacial score (nSPS) is 12.4. The summed E-state index contributed by atoms with van der Waals surface area (Å²) in [6.45, 7) is 3.93. The van der Waals surface area contributed by atoms with E-state index in [4.69, 9.17) is 4.74 Å². The fourth-order valence-corrected chi connectivity index (χ4v) is 1.78. The van der Waals surface area contributed by atoms with Gasteiger partial charge in [0.1, 0.15) is 11.9 Å². The summed E-state index contributed by atoms with van der Waals surface area (Å²) in [4.78, 5) is 4.02. The second kappa shape index (κ2) is 5.65. The largest absolute Gasteiger partial charge is 0.491 e. The van der Waals surface area contributed by atoms with Crippen molar-refractivity contribution in [3.63, 3.8) is 0 Å². The topological polar surface area (TPSA) is 42.4 Å². The number of hydrogen-bond acceptors (Lipinski definition) is 3. The van der Waals surface area contributed by atoms with Crippen LogP contribution in [-0.4, -0.2) is 16.2 Å². The number of para-hydroxylation sites is 1. The minimum Gasteiger partial charge on any atom is -0.491 e. The standard InChI is InChI=1S/C15H17NO2/c1-11(2)18-14-8-4-3-7-13(14)15(17)12-6-5-9-16-10-12/h3-11,15,17H,1-2H3. The van der Waals surface area contributed by atoms with Crippen LogP contribution >= 0.6 is 0 Å². The van der Waals surface area contributed by atoms with E-state index in [1.807, 2.05) is 50.2 Å². The number of pyridine rings is 1. The second-order valence-electron chi connectivity index (χ2n) is 4.39. The zero-order valence-corrected chi connectivity index (χ0v) is 10.6. The molecule has 1 aromatic carbocycles. The Morgan fingerprint density at radius 2 is 1.89 bits per heavy atom. The molecule has 18 heavy (non-hydrogen) atoms. The highest BCUT2D eigenvalue weighted by Gasteiger charge is 2.15. The van der Waals surface area contributed by atoms with Gasteiger partial charge < -0.3 is 9.84 Å². The van der Waals surface area contributed by atoms with Crippen molar-refractivity contribution in [3.8, 4) is 5.75 Å². The first kappa shape index (κ1) is 12.6. The lowest BCUT2D eigenvalue weighted by atomic mass is 10.0. The van der Waals surface area contributed by atoms with Gasteiger partial charge in [0.15, 0.2) is 0 Å². The monoisotopic (exact) mass is 243 g/mol. The average molecular weight is 243 g/mol. The van der Waals surface area contributed by atoms with Crippen molar-refractivity contribution in [1.29, 1.82) is 0 Å². The molecule has 2 rings (SSSR count). The average Bonchev–Trinajstić information content (AvgIpc) is 2.39. The Hall–Kier alpha value is -1.87. The Labute approximate surface area is 107 Å². The quantitative estimate of drug-likeness (QED) is 0.897. The Bertz CT molecular complexity index is 497. The molecule has 0 aliphatic heterocycles. The smallest absolute Gasteiger partial charge is 0.125 e. The van der Waals surface area contributed by atoms with Crippen molar-refractivity contribution >= 4 is 0 Å². The van der Waals surface area contributed by atoms with Crippen molar-refractivity contribution in [2.24, 2.45) is 0 Å². The van der Waals surface area contributed by atoms with E-state index >= 15 is 0 Å². The van der Waals surface area contributed by atoms with Crippen molar-refractivity contribution in [2.75, 3.05) is 0 Å². The molecule has 1 N–H and O–H groups in total. The molecular formula is C15H17NO2. The minimum atomic E-state index is -0.714. The third kappa shape index (κ3) is 2.87. The lowest BCUT2D eigenvalue weighted by molar-refractivity contribution is 0.198. The summed E-state index contributed by atoms with van der Waals surface area (Å²) >= 11 is 0. The third-order valence-corrected chi connectivity index (χ3v) is 2.58. The molecule has 2 aromatic rings. The van der Waals surface area contributed by atoms with Crippen LogP contribution in [0.15, 0.2) is 48.8 Å². The van der Waals surface area contributed by atoms with E-state index in [9.17, 15) is 5.11 Å². The van der Waals surface area contributed by atoms with Crippen LogP contribution in [0.1, 0.15) is 31.1 Å². The van der Waals surface area contributed by atoms with Crippen LogP contribution in [0.4, 0.5) is 0 Å². The molecule has 3 nitrogen and oxygen atoms in total. The number of aromatic nitrogens is 1. The summed E-state index contributed by atoms with van der Waals surface area (Å²) in [7, 11) is 0. The van der Waals surface area contributed by atoms with E-state index in [2.05, 4.69) is 4.98 Å². The number of nitrogens with zero attached hydrogens (tertiary/aromatic N) is 1. The zero-order chi connectivity index (χ0) is 13.0. The van der Waals surface area contributed by atoms with Gasteiger partial charge in [-0.1, -0.05) is 24.3 Å². The van der Waals surface area contributed by atoms with Crippen molar-refractivity contribution < 1.29 is 9.84 Å². The summed E-state index contributed by atoms with van der Waals surface area (Å²) < 4.78 is 5.71. The lowest BCUT2D eigenvalue weighted by Gasteiger charge is -2.18. The first-order chi connectivity index (χ1) is 8.68. The summed E-state index contributed by atoms with van der Waals surface area (Å²) in [5, 5.41) is 10.4. The maximum atomic E-state index is 10.4. The highest BCUT2D eigenvalue weighted by Crippen LogP contribution is 2.29. The molecule has 0 aliphatic carbocycles. The summed E-state index contributed by atoms with van der Waals surface area (Å²) in [6.07, 6.45) is 2.71. The maximum Gasteiger partial charge on any atom is 0.125 e. The van der Waals surface area contributed by atoms with Crippen LogP contribution in [-0.2, 0) is 0 Å². The first-order valence-electron chi connectivity index (χ1n) is 6.02. The Morgan fingerprint density at radius 1 is 1.11 bits per heavy atom. The van der Waals surface area contributed by atoms with Crippen molar-refractivity contribution in [3.05, 3.63) is 59.9 Å². The molecule has 1 atom stereocenters. The van der Waals surface area contributed by atoms with Gasteiger partial charge in [-0.25, -0.2) is 0 Å². The third-order valence-electron chi connectivity index (χ3n) is 2.58. The lowest BCUT2D eigenvalue weighted by Crippen LogP contribution is -2.10. The van der Waals surface area contributed by atoms with Gasteiger partial charge in [0.25, 0.3) is 0 Å².